The van der Waals surface area contributed by atoms with Crippen LogP contribution in [0.5, 0.6) is 0 Å². The molecule has 7 nitrogen and oxygen atoms in total. The summed E-state index contributed by atoms with van der Waals surface area (Å²) in [6.07, 6.45) is 1.63. The summed E-state index contributed by atoms with van der Waals surface area (Å²) in [6.45, 7) is 5.30. The van der Waals surface area contributed by atoms with Crippen molar-refractivity contribution >= 4 is 11.8 Å². The highest BCUT2D eigenvalue weighted by Crippen LogP contribution is 2.17. The largest absolute Gasteiger partial charge is 0.341 e. The molecule has 0 bridgehead atoms. The lowest BCUT2D eigenvalue weighted by atomic mass is 10.0. The Labute approximate surface area is 168 Å². The molecule has 1 aromatic carbocycles. The van der Waals surface area contributed by atoms with Crippen molar-refractivity contribution in [3.8, 4) is 0 Å². The highest BCUT2D eigenvalue weighted by molar-refractivity contribution is 5.94. The molecular formula is C21H25FN4O3. The number of aryl methyl sites for hydroxylation is 1. The number of nitrogens with one attached hydrogen (secondary N) is 1. The summed E-state index contributed by atoms with van der Waals surface area (Å²) in [4.78, 5) is 39.5. The van der Waals surface area contributed by atoms with Crippen LogP contribution < -0.4 is 5.56 Å². The third-order valence-corrected chi connectivity index (χ3v) is 5.19. The number of halogens is 1. The van der Waals surface area contributed by atoms with Gasteiger partial charge in [-0.3, -0.25) is 14.4 Å². The van der Waals surface area contributed by atoms with Gasteiger partial charge in [0, 0.05) is 45.1 Å². The quantitative estimate of drug-likeness (QED) is 0.847. The first-order valence-corrected chi connectivity index (χ1v) is 9.79. The van der Waals surface area contributed by atoms with Crippen LogP contribution in [-0.2, 0) is 17.6 Å². The molecule has 1 aliphatic heterocycles. The maximum atomic E-state index is 14.4. The van der Waals surface area contributed by atoms with E-state index in [4.69, 9.17) is 0 Å². The fourth-order valence-corrected chi connectivity index (χ4v) is 3.51. The van der Waals surface area contributed by atoms with Crippen molar-refractivity contribution in [2.45, 2.75) is 33.1 Å². The van der Waals surface area contributed by atoms with Gasteiger partial charge < -0.3 is 9.80 Å². The van der Waals surface area contributed by atoms with Gasteiger partial charge in [-0.15, -0.1) is 0 Å². The van der Waals surface area contributed by atoms with E-state index in [9.17, 15) is 18.8 Å². The molecule has 2 amide bonds. The van der Waals surface area contributed by atoms with E-state index >= 15 is 0 Å². The van der Waals surface area contributed by atoms with Crippen LogP contribution in [-0.4, -0.2) is 58.0 Å². The van der Waals surface area contributed by atoms with Crippen LogP contribution in [0.15, 0.2) is 29.1 Å². The van der Waals surface area contributed by atoms with Gasteiger partial charge in [0.1, 0.15) is 5.82 Å². The zero-order valence-electron chi connectivity index (χ0n) is 16.7. The lowest BCUT2D eigenvalue weighted by Crippen LogP contribution is -2.36. The Hall–Kier alpha value is -3.03. The molecular weight excluding hydrogens is 375 g/mol. The van der Waals surface area contributed by atoms with Crippen molar-refractivity contribution in [3.63, 3.8) is 0 Å². The van der Waals surface area contributed by atoms with Crippen molar-refractivity contribution in [2.24, 2.45) is 0 Å². The summed E-state index contributed by atoms with van der Waals surface area (Å²) in [7, 11) is 0. The van der Waals surface area contributed by atoms with E-state index in [1.54, 1.807) is 28.0 Å². The van der Waals surface area contributed by atoms with Gasteiger partial charge in [-0.25, -0.2) is 9.49 Å². The number of rotatable bonds is 4. The second kappa shape index (κ2) is 8.98. The number of aromatic amines is 1. The molecule has 0 spiro atoms. The van der Waals surface area contributed by atoms with E-state index in [1.165, 1.54) is 13.0 Å². The van der Waals surface area contributed by atoms with Gasteiger partial charge in [0.05, 0.1) is 11.3 Å². The first-order valence-electron chi connectivity index (χ1n) is 9.79. The van der Waals surface area contributed by atoms with E-state index in [-0.39, 0.29) is 22.9 Å². The first kappa shape index (κ1) is 20.7. The van der Waals surface area contributed by atoms with E-state index in [2.05, 4.69) is 10.2 Å². The summed E-state index contributed by atoms with van der Waals surface area (Å²) in [6, 6.07) is 6.18. The zero-order valence-corrected chi connectivity index (χ0v) is 16.7. The molecule has 1 fully saturated rings. The average molecular weight is 400 g/mol. The Morgan fingerprint density at radius 1 is 1.14 bits per heavy atom. The van der Waals surface area contributed by atoms with Gasteiger partial charge in [-0.05, 0) is 36.6 Å². The zero-order chi connectivity index (χ0) is 21.0. The van der Waals surface area contributed by atoms with Crippen LogP contribution in [0.4, 0.5) is 4.39 Å². The number of aromatic nitrogens is 2. The summed E-state index contributed by atoms with van der Waals surface area (Å²) >= 11 is 0. The molecule has 2 heterocycles. The molecule has 3 rings (SSSR count). The van der Waals surface area contributed by atoms with Gasteiger partial charge in [0.25, 0.3) is 11.5 Å². The fourth-order valence-electron chi connectivity index (χ4n) is 3.51. The van der Waals surface area contributed by atoms with E-state index in [1.807, 2.05) is 6.92 Å². The number of benzene rings is 1. The average Bonchev–Trinajstić information content (AvgIpc) is 2.97. The topological polar surface area (TPSA) is 86.4 Å². The molecule has 1 saturated heterocycles. The molecule has 2 aromatic rings. The van der Waals surface area contributed by atoms with Crippen molar-refractivity contribution in [2.75, 3.05) is 26.2 Å². The van der Waals surface area contributed by atoms with Crippen LogP contribution in [0.25, 0.3) is 0 Å². The first-order chi connectivity index (χ1) is 13.9. The van der Waals surface area contributed by atoms with Gasteiger partial charge in [-0.2, -0.15) is 5.10 Å². The highest BCUT2D eigenvalue weighted by atomic mass is 19.1. The predicted octanol–water partition coefficient (Wildman–Crippen LogP) is 1.76. The Bertz CT molecular complexity index is 973. The molecule has 0 aliphatic carbocycles. The minimum atomic E-state index is -0.574. The number of nitrogens with zero attached hydrogens (tertiary/aromatic N) is 3. The Morgan fingerprint density at radius 2 is 1.86 bits per heavy atom. The molecule has 0 saturated carbocycles. The molecule has 154 valence electrons. The van der Waals surface area contributed by atoms with E-state index in [0.717, 1.165) is 5.56 Å². The van der Waals surface area contributed by atoms with Crippen LogP contribution in [0, 0.1) is 5.82 Å². The number of carbonyl (C=O) groups is 2. The number of H-pyrrole nitrogens is 1. The van der Waals surface area contributed by atoms with Crippen molar-refractivity contribution in [3.05, 3.63) is 62.8 Å². The number of carbonyl (C=O) groups excluding carboxylic acids is 2. The summed E-state index contributed by atoms with van der Waals surface area (Å²) in [5.41, 5.74) is 1.81. The van der Waals surface area contributed by atoms with Crippen LogP contribution in [0.2, 0.25) is 0 Å². The standard InChI is InChI=1S/C21H25FN4O3/c1-3-16-13-17(23-24-20(16)28)11-15-5-6-19(22)18(12-15)21(29)26-8-4-7-25(9-10-26)14(2)27/h5-6,12-13H,3-4,7-11H2,1-2H3,(H,24,28). The predicted molar refractivity (Wildman–Crippen MR) is 106 cm³/mol. The summed E-state index contributed by atoms with van der Waals surface area (Å²) in [5.74, 6) is -0.971. The SMILES string of the molecule is CCc1cc(Cc2ccc(F)c(C(=O)N3CCCN(C(C)=O)CC3)c2)n[nH]c1=O. The van der Waals surface area contributed by atoms with Gasteiger partial charge in [0.2, 0.25) is 5.91 Å². The molecule has 0 radical (unpaired) electrons. The molecule has 0 atom stereocenters. The van der Waals surface area contributed by atoms with Crippen molar-refractivity contribution in [1.82, 2.24) is 20.0 Å². The molecule has 8 heteroatoms. The monoisotopic (exact) mass is 400 g/mol. The fraction of sp³-hybridized carbons (Fsp3) is 0.429. The van der Waals surface area contributed by atoms with Crippen LogP contribution >= 0.6 is 0 Å². The summed E-state index contributed by atoms with van der Waals surface area (Å²) in [5, 5.41) is 6.52. The van der Waals surface area contributed by atoms with E-state index < -0.39 is 5.82 Å². The van der Waals surface area contributed by atoms with Crippen molar-refractivity contribution in [1.29, 1.82) is 0 Å². The number of amides is 2. The second-order valence-electron chi connectivity index (χ2n) is 7.21. The normalized spacial score (nSPS) is 14.6. The summed E-state index contributed by atoms with van der Waals surface area (Å²) < 4.78 is 14.4. The van der Waals surface area contributed by atoms with Gasteiger partial charge >= 0.3 is 0 Å². The minimum absolute atomic E-state index is 0.0129. The van der Waals surface area contributed by atoms with E-state index in [0.29, 0.717) is 56.7 Å². The highest BCUT2D eigenvalue weighted by Gasteiger charge is 2.23. The maximum absolute atomic E-state index is 14.4. The molecule has 29 heavy (non-hydrogen) atoms. The van der Waals surface area contributed by atoms with Crippen LogP contribution in [0.3, 0.4) is 0 Å². The molecule has 1 aliphatic rings. The Kier molecular flexibility index (Phi) is 6.41. The Morgan fingerprint density at radius 3 is 2.59 bits per heavy atom. The third-order valence-electron chi connectivity index (χ3n) is 5.19. The lowest BCUT2D eigenvalue weighted by molar-refractivity contribution is -0.128. The third kappa shape index (κ3) is 4.88. The minimum Gasteiger partial charge on any atom is -0.341 e. The molecule has 1 N–H and O–H groups in total. The smallest absolute Gasteiger partial charge is 0.267 e. The number of hydrogen-bond donors (Lipinski definition) is 1. The van der Waals surface area contributed by atoms with Crippen LogP contribution in [0.1, 0.15) is 47.4 Å². The second-order valence-corrected chi connectivity index (χ2v) is 7.21. The number of hydrogen-bond acceptors (Lipinski definition) is 4. The molecule has 1 aromatic heterocycles. The van der Waals surface area contributed by atoms with Gasteiger partial charge in [0.15, 0.2) is 0 Å². The maximum Gasteiger partial charge on any atom is 0.267 e. The lowest BCUT2D eigenvalue weighted by Gasteiger charge is -2.22. The van der Waals surface area contributed by atoms with Crippen molar-refractivity contribution < 1.29 is 14.0 Å². The molecule has 0 unspecified atom stereocenters. The Balaban J connectivity index is 1.79. The van der Waals surface area contributed by atoms with Gasteiger partial charge in [-0.1, -0.05) is 13.0 Å².